The second-order valence-corrected chi connectivity index (χ2v) is 8.97. The third-order valence-electron chi connectivity index (χ3n) is 4.91. The average Bonchev–Trinajstić information content (AvgIpc) is 2.74. The molecule has 2 aromatic rings. The lowest BCUT2D eigenvalue weighted by molar-refractivity contribution is -0.133. The van der Waals surface area contributed by atoms with Crippen LogP contribution >= 0.6 is 11.6 Å². The van der Waals surface area contributed by atoms with Crippen LogP contribution in [-0.4, -0.2) is 59.7 Å². The van der Waals surface area contributed by atoms with Gasteiger partial charge in [0.05, 0.1) is 0 Å². The number of pyridine rings is 1. The van der Waals surface area contributed by atoms with E-state index in [2.05, 4.69) is 15.2 Å². The quantitative estimate of drug-likeness (QED) is 0.763. The summed E-state index contributed by atoms with van der Waals surface area (Å²) in [5.74, 6) is 0.778. The molecule has 7 nitrogen and oxygen atoms in total. The van der Waals surface area contributed by atoms with Crippen molar-refractivity contribution in [2.75, 3.05) is 31.1 Å². The molecule has 1 saturated heterocycles. The van der Waals surface area contributed by atoms with Crippen LogP contribution in [0.1, 0.15) is 26.3 Å². The summed E-state index contributed by atoms with van der Waals surface area (Å²) in [5.41, 5.74) is 0.262. The van der Waals surface area contributed by atoms with Crippen LogP contribution in [0.15, 0.2) is 48.7 Å². The molecule has 0 spiro atoms. The third kappa shape index (κ3) is 6.85. The minimum absolute atomic E-state index is 0.124. The van der Waals surface area contributed by atoms with Crippen molar-refractivity contribution in [1.82, 2.24) is 15.2 Å². The molecule has 31 heavy (non-hydrogen) atoms. The summed E-state index contributed by atoms with van der Waals surface area (Å²) in [6, 6.07) is 12.3. The molecule has 0 saturated carbocycles. The maximum atomic E-state index is 13.3. The predicted octanol–water partition coefficient (Wildman–Crippen LogP) is 3.52. The van der Waals surface area contributed by atoms with E-state index in [1.165, 1.54) is 0 Å². The van der Waals surface area contributed by atoms with Crippen molar-refractivity contribution in [3.05, 3.63) is 59.2 Å². The number of piperazine rings is 1. The summed E-state index contributed by atoms with van der Waals surface area (Å²) < 4.78 is 5.38. The van der Waals surface area contributed by atoms with Crippen LogP contribution < -0.4 is 10.2 Å². The molecule has 1 atom stereocenters. The lowest BCUT2D eigenvalue weighted by Crippen LogP contribution is -2.56. The first-order chi connectivity index (χ1) is 14.7. The zero-order valence-corrected chi connectivity index (χ0v) is 18.9. The van der Waals surface area contributed by atoms with Gasteiger partial charge in [0.25, 0.3) is 0 Å². The Morgan fingerprint density at radius 2 is 1.77 bits per heavy atom. The van der Waals surface area contributed by atoms with Crippen LogP contribution in [0, 0.1) is 0 Å². The van der Waals surface area contributed by atoms with Crippen molar-refractivity contribution in [3.63, 3.8) is 0 Å². The minimum Gasteiger partial charge on any atom is -0.444 e. The molecule has 1 fully saturated rings. The normalized spacial score (nSPS) is 15.4. The largest absolute Gasteiger partial charge is 0.444 e. The highest BCUT2D eigenvalue weighted by molar-refractivity contribution is 6.30. The summed E-state index contributed by atoms with van der Waals surface area (Å²) in [4.78, 5) is 34.0. The summed E-state index contributed by atoms with van der Waals surface area (Å²) in [7, 11) is 0. The first kappa shape index (κ1) is 22.9. The Kier molecular flexibility index (Phi) is 7.38. The van der Waals surface area contributed by atoms with E-state index < -0.39 is 17.7 Å². The monoisotopic (exact) mass is 444 g/mol. The summed E-state index contributed by atoms with van der Waals surface area (Å²) in [6.07, 6.45) is 1.52. The number of benzene rings is 1. The highest BCUT2D eigenvalue weighted by Crippen LogP contribution is 2.16. The van der Waals surface area contributed by atoms with E-state index in [1.807, 2.05) is 30.3 Å². The molecule has 1 aromatic carbocycles. The van der Waals surface area contributed by atoms with Gasteiger partial charge in [-0.2, -0.15) is 0 Å². The predicted molar refractivity (Wildman–Crippen MR) is 121 cm³/mol. The van der Waals surface area contributed by atoms with Gasteiger partial charge in [-0.15, -0.1) is 0 Å². The van der Waals surface area contributed by atoms with Gasteiger partial charge in [0.2, 0.25) is 5.91 Å². The minimum atomic E-state index is -0.725. The van der Waals surface area contributed by atoms with Crippen LogP contribution in [0.5, 0.6) is 0 Å². The Hall–Kier alpha value is -2.80. The van der Waals surface area contributed by atoms with Crippen molar-refractivity contribution in [2.24, 2.45) is 0 Å². The lowest BCUT2D eigenvalue weighted by Gasteiger charge is -2.37. The second kappa shape index (κ2) is 10.0. The molecule has 0 unspecified atom stereocenters. The molecule has 0 aliphatic carbocycles. The van der Waals surface area contributed by atoms with Crippen LogP contribution in [0.4, 0.5) is 10.6 Å². The van der Waals surface area contributed by atoms with Gasteiger partial charge in [-0.05, 0) is 50.6 Å². The first-order valence-electron chi connectivity index (χ1n) is 10.4. The highest BCUT2D eigenvalue weighted by atomic mass is 35.5. The molecule has 8 heteroatoms. The molecule has 3 rings (SSSR count). The maximum Gasteiger partial charge on any atom is 0.408 e. The number of nitrogens with one attached hydrogen (secondary N) is 1. The smallest absolute Gasteiger partial charge is 0.408 e. The van der Waals surface area contributed by atoms with E-state index in [-0.39, 0.29) is 5.91 Å². The van der Waals surface area contributed by atoms with Crippen molar-refractivity contribution < 1.29 is 14.3 Å². The fourth-order valence-corrected chi connectivity index (χ4v) is 3.55. The molecule has 166 valence electrons. The average molecular weight is 445 g/mol. The Morgan fingerprint density at radius 1 is 1.10 bits per heavy atom. The molecule has 2 heterocycles. The molecular formula is C23H29ClN4O3. The van der Waals surface area contributed by atoms with Crippen LogP contribution in [0.25, 0.3) is 0 Å². The van der Waals surface area contributed by atoms with Gasteiger partial charge >= 0.3 is 6.09 Å². The number of amides is 2. The lowest BCUT2D eigenvalue weighted by atomic mass is 10.0. The van der Waals surface area contributed by atoms with Gasteiger partial charge in [-0.1, -0.05) is 29.8 Å². The first-order valence-corrected chi connectivity index (χ1v) is 10.8. The van der Waals surface area contributed by atoms with E-state index in [0.29, 0.717) is 37.6 Å². The Morgan fingerprint density at radius 3 is 2.35 bits per heavy atom. The fourth-order valence-electron chi connectivity index (χ4n) is 3.42. The van der Waals surface area contributed by atoms with Crippen LogP contribution in [-0.2, 0) is 16.0 Å². The number of hydrogen-bond acceptors (Lipinski definition) is 5. The number of halogens is 1. The van der Waals surface area contributed by atoms with Crippen LogP contribution in [0.2, 0.25) is 5.02 Å². The van der Waals surface area contributed by atoms with Gasteiger partial charge < -0.3 is 19.9 Å². The number of aromatic nitrogens is 1. The van der Waals surface area contributed by atoms with Gasteiger partial charge in [-0.3, -0.25) is 4.79 Å². The van der Waals surface area contributed by atoms with Gasteiger partial charge in [0, 0.05) is 43.8 Å². The number of anilines is 1. The molecule has 1 aliphatic rings. The van der Waals surface area contributed by atoms with Crippen LogP contribution in [0.3, 0.4) is 0 Å². The third-order valence-corrected chi connectivity index (χ3v) is 5.16. The van der Waals surface area contributed by atoms with Crippen molar-refractivity contribution in [1.29, 1.82) is 0 Å². The topological polar surface area (TPSA) is 74.8 Å². The summed E-state index contributed by atoms with van der Waals surface area (Å²) >= 11 is 5.98. The van der Waals surface area contributed by atoms with E-state index in [0.717, 1.165) is 11.4 Å². The molecule has 1 aromatic heterocycles. The van der Waals surface area contributed by atoms with E-state index >= 15 is 0 Å². The van der Waals surface area contributed by atoms with Gasteiger partial charge in [-0.25, -0.2) is 9.78 Å². The summed E-state index contributed by atoms with van der Waals surface area (Å²) in [5, 5.41) is 3.39. The van der Waals surface area contributed by atoms with Crippen molar-refractivity contribution in [2.45, 2.75) is 38.8 Å². The Balaban J connectivity index is 1.67. The van der Waals surface area contributed by atoms with Crippen molar-refractivity contribution in [3.8, 4) is 0 Å². The number of nitrogens with zero attached hydrogens (tertiary/aromatic N) is 3. The fraction of sp³-hybridized carbons (Fsp3) is 0.435. The molecule has 0 radical (unpaired) electrons. The standard InChI is InChI=1S/C23H29ClN4O3/c1-23(2,3)31-22(30)26-19(16-17-7-9-18(24)10-8-17)21(29)28-14-12-27(13-15-28)20-6-4-5-11-25-20/h4-11,19H,12-16H2,1-3H3,(H,26,30)/t19-/m1/s1. The Bertz CT molecular complexity index is 876. The van der Waals surface area contributed by atoms with Gasteiger partial charge in [0.15, 0.2) is 0 Å². The number of ether oxygens (including phenoxy) is 1. The number of carbonyl (C=O) groups excluding carboxylic acids is 2. The number of alkyl carbamates (subject to hydrolysis) is 1. The van der Waals surface area contributed by atoms with Crippen molar-refractivity contribution >= 4 is 29.4 Å². The zero-order valence-electron chi connectivity index (χ0n) is 18.2. The molecule has 1 N–H and O–H groups in total. The number of carbonyl (C=O) groups is 2. The highest BCUT2D eigenvalue weighted by Gasteiger charge is 2.30. The maximum absolute atomic E-state index is 13.3. The molecule has 1 aliphatic heterocycles. The van der Waals surface area contributed by atoms with E-state index in [4.69, 9.17) is 16.3 Å². The molecule has 2 amide bonds. The van der Waals surface area contributed by atoms with Gasteiger partial charge in [0.1, 0.15) is 17.5 Å². The molecule has 0 bridgehead atoms. The number of hydrogen-bond donors (Lipinski definition) is 1. The SMILES string of the molecule is CC(C)(C)OC(=O)N[C@H](Cc1ccc(Cl)cc1)C(=O)N1CCN(c2ccccn2)CC1. The number of rotatable bonds is 5. The van der Waals surface area contributed by atoms with E-state index in [9.17, 15) is 9.59 Å². The second-order valence-electron chi connectivity index (χ2n) is 8.53. The Labute approximate surface area is 188 Å². The molecular weight excluding hydrogens is 416 g/mol. The van der Waals surface area contributed by atoms with E-state index in [1.54, 1.807) is 44.0 Å². The zero-order chi connectivity index (χ0) is 22.4. The summed E-state index contributed by atoms with van der Waals surface area (Å²) in [6.45, 7) is 7.86.